The maximum absolute atomic E-state index is 9.63. The smallest absolute Gasteiger partial charge is 0.0581 e. The van der Waals surface area contributed by atoms with Crippen molar-refractivity contribution in [1.29, 1.82) is 0 Å². The van der Waals surface area contributed by atoms with Crippen LogP contribution < -0.4 is 5.32 Å². The van der Waals surface area contributed by atoms with Crippen LogP contribution in [0.5, 0.6) is 0 Å². The molecule has 0 spiro atoms. The molecule has 0 bridgehead atoms. The van der Waals surface area contributed by atoms with E-state index in [9.17, 15) is 5.11 Å². The van der Waals surface area contributed by atoms with Crippen LogP contribution in [0.4, 0.5) is 0 Å². The molecular formula is C13H19NO. The molecule has 0 heterocycles. The third-order valence-electron chi connectivity index (χ3n) is 3.28. The van der Waals surface area contributed by atoms with Gasteiger partial charge >= 0.3 is 0 Å². The lowest BCUT2D eigenvalue weighted by molar-refractivity contribution is 0.140. The summed E-state index contributed by atoms with van der Waals surface area (Å²) in [5, 5.41) is 13.1. The predicted octanol–water partition coefficient (Wildman–Crippen LogP) is 1.94. The fourth-order valence-electron chi connectivity index (χ4n) is 2.25. The average Bonchev–Trinajstić information content (AvgIpc) is 2.57. The minimum Gasteiger partial charge on any atom is -0.393 e. The number of hydrogen-bond donors (Lipinski definition) is 2. The van der Waals surface area contributed by atoms with Crippen molar-refractivity contribution in [3.63, 3.8) is 0 Å². The lowest BCUT2D eigenvalue weighted by atomic mass is 10.1. The Bertz CT molecular complexity index is 289. The molecular weight excluding hydrogens is 186 g/mol. The van der Waals surface area contributed by atoms with E-state index in [2.05, 4.69) is 36.5 Å². The zero-order chi connectivity index (χ0) is 10.7. The van der Waals surface area contributed by atoms with Crippen LogP contribution in [-0.4, -0.2) is 17.3 Å². The van der Waals surface area contributed by atoms with E-state index < -0.39 is 0 Å². The minimum absolute atomic E-state index is 0.113. The maximum Gasteiger partial charge on any atom is 0.0581 e. The van der Waals surface area contributed by atoms with Crippen LogP contribution in [0.2, 0.25) is 0 Å². The van der Waals surface area contributed by atoms with E-state index in [1.54, 1.807) is 0 Å². The molecule has 1 aromatic rings. The summed E-state index contributed by atoms with van der Waals surface area (Å²) in [5.74, 6) is 0.443. The monoisotopic (exact) mass is 205 g/mol. The lowest BCUT2D eigenvalue weighted by Crippen LogP contribution is -2.26. The molecule has 0 saturated heterocycles. The number of nitrogens with one attached hydrogen (secondary N) is 1. The van der Waals surface area contributed by atoms with E-state index in [1.807, 2.05) is 6.07 Å². The summed E-state index contributed by atoms with van der Waals surface area (Å²) >= 11 is 0. The molecule has 0 radical (unpaired) electrons. The normalized spacial score (nSPS) is 30.7. The van der Waals surface area contributed by atoms with Crippen molar-refractivity contribution < 1.29 is 5.11 Å². The molecule has 1 saturated carbocycles. The molecule has 2 nitrogen and oxygen atoms in total. The molecule has 0 aliphatic heterocycles. The molecule has 3 atom stereocenters. The Hall–Kier alpha value is -0.860. The van der Waals surface area contributed by atoms with Gasteiger partial charge in [-0.25, -0.2) is 0 Å². The van der Waals surface area contributed by atoms with E-state index >= 15 is 0 Å². The highest BCUT2D eigenvalue weighted by atomic mass is 16.3. The minimum atomic E-state index is -0.113. The summed E-state index contributed by atoms with van der Waals surface area (Å²) in [5.41, 5.74) is 1.31. The first-order chi connectivity index (χ1) is 7.25. The number of hydrogen-bond acceptors (Lipinski definition) is 2. The third-order valence-corrected chi connectivity index (χ3v) is 3.28. The van der Waals surface area contributed by atoms with Gasteiger partial charge in [-0.1, -0.05) is 37.3 Å². The Morgan fingerprint density at radius 2 is 2.00 bits per heavy atom. The van der Waals surface area contributed by atoms with Gasteiger partial charge in [-0.2, -0.15) is 0 Å². The molecule has 1 aliphatic carbocycles. The van der Waals surface area contributed by atoms with E-state index in [0.717, 1.165) is 19.4 Å². The van der Waals surface area contributed by atoms with Crippen molar-refractivity contribution >= 4 is 0 Å². The van der Waals surface area contributed by atoms with Gasteiger partial charge in [0.1, 0.15) is 0 Å². The first-order valence-electron chi connectivity index (χ1n) is 5.71. The number of benzene rings is 1. The molecule has 2 heteroatoms. The van der Waals surface area contributed by atoms with Crippen molar-refractivity contribution in [2.75, 3.05) is 0 Å². The molecule has 1 fully saturated rings. The fourth-order valence-corrected chi connectivity index (χ4v) is 2.25. The highest BCUT2D eigenvalue weighted by Gasteiger charge is 2.28. The standard InChI is InChI=1S/C13H19NO/c1-10-7-12(8-13(10)15)14-9-11-5-3-2-4-6-11/h2-6,10,12-15H,7-9H2,1H3. The molecule has 0 aromatic heterocycles. The quantitative estimate of drug-likeness (QED) is 0.790. The Balaban J connectivity index is 1.80. The zero-order valence-corrected chi connectivity index (χ0v) is 9.19. The zero-order valence-electron chi connectivity index (χ0n) is 9.19. The van der Waals surface area contributed by atoms with Crippen molar-refractivity contribution in [3.05, 3.63) is 35.9 Å². The predicted molar refractivity (Wildman–Crippen MR) is 61.5 cm³/mol. The second-order valence-electron chi connectivity index (χ2n) is 4.58. The second kappa shape index (κ2) is 4.77. The van der Waals surface area contributed by atoms with Crippen LogP contribution in [0.3, 0.4) is 0 Å². The van der Waals surface area contributed by atoms with Crippen LogP contribution in [-0.2, 0) is 6.54 Å². The van der Waals surface area contributed by atoms with Gasteiger partial charge in [-0.15, -0.1) is 0 Å². The van der Waals surface area contributed by atoms with Gasteiger partial charge in [0.15, 0.2) is 0 Å². The van der Waals surface area contributed by atoms with Gasteiger partial charge in [0.2, 0.25) is 0 Å². The fraction of sp³-hybridized carbons (Fsp3) is 0.538. The van der Waals surface area contributed by atoms with Crippen LogP contribution in [0.25, 0.3) is 0 Å². The summed E-state index contributed by atoms with van der Waals surface area (Å²) in [6, 6.07) is 10.9. The SMILES string of the molecule is CC1CC(NCc2ccccc2)CC1O. The van der Waals surface area contributed by atoms with E-state index in [4.69, 9.17) is 0 Å². The van der Waals surface area contributed by atoms with E-state index in [0.29, 0.717) is 12.0 Å². The van der Waals surface area contributed by atoms with Crippen LogP contribution in [0.15, 0.2) is 30.3 Å². The molecule has 1 aromatic carbocycles. The van der Waals surface area contributed by atoms with Gasteiger partial charge < -0.3 is 10.4 Å². The summed E-state index contributed by atoms with van der Waals surface area (Å²) in [7, 11) is 0. The van der Waals surface area contributed by atoms with Crippen LogP contribution in [0, 0.1) is 5.92 Å². The second-order valence-corrected chi connectivity index (χ2v) is 4.58. The highest BCUT2D eigenvalue weighted by Crippen LogP contribution is 2.25. The maximum atomic E-state index is 9.63. The van der Waals surface area contributed by atoms with Gasteiger partial charge in [0, 0.05) is 12.6 Å². The molecule has 82 valence electrons. The molecule has 2 rings (SSSR count). The average molecular weight is 205 g/mol. The summed E-state index contributed by atoms with van der Waals surface area (Å²) in [4.78, 5) is 0. The van der Waals surface area contributed by atoms with Gasteiger partial charge in [-0.3, -0.25) is 0 Å². The number of aliphatic hydroxyl groups is 1. The van der Waals surface area contributed by atoms with Crippen LogP contribution >= 0.6 is 0 Å². The van der Waals surface area contributed by atoms with Crippen molar-refractivity contribution in [3.8, 4) is 0 Å². The Morgan fingerprint density at radius 1 is 1.27 bits per heavy atom. The van der Waals surface area contributed by atoms with Crippen molar-refractivity contribution in [1.82, 2.24) is 5.32 Å². The molecule has 0 amide bonds. The Labute approximate surface area is 91.3 Å². The molecule has 2 N–H and O–H groups in total. The lowest BCUT2D eigenvalue weighted by Gasteiger charge is -2.11. The Morgan fingerprint density at radius 3 is 2.60 bits per heavy atom. The number of aliphatic hydroxyl groups excluding tert-OH is 1. The summed E-state index contributed by atoms with van der Waals surface area (Å²) < 4.78 is 0. The molecule has 3 unspecified atom stereocenters. The molecule has 15 heavy (non-hydrogen) atoms. The Kier molecular flexibility index (Phi) is 3.39. The number of rotatable bonds is 3. The summed E-state index contributed by atoms with van der Waals surface area (Å²) in [6.45, 7) is 3.03. The van der Waals surface area contributed by atoms with E-state index in [-0.39, 0.29) is 6.10 Å². The van der Waals surface area contributed by atoms with Gasteiger partial charge in [0.05, 0.1) is 6.10 Å². The van der Waals surface area contributed by atoms with Gasteiger partial charge in [0.25, 0.3) is 0 Å². The highest BCUT2D eigenvalue weighted by molar-refractivity contribution is 5.14. The largest absolute Gasteiger partial charge is 0.393 e. The van der Waals surface area contributed by atoms with Crippen LogP contribution in [0.1, 0.15) is 25.3 Å². The topological polar surface area (TPSA) is 32.3 Å². The van der Waals surface area contributed by atoms with Crippen molar-refractivity contribution in [2.24, 2.45) is 5.92 Å². The summed E-state index contributed by atoms with van der Waals surface area (Å²) in [6.07, 6.45) is 1.88. The first-order valence-corrected chi connectivity index (χ1v) is 5.71. The van der Waals surface area contributed by atoms with E-state index in [1.165, 1.54) is 5.56 Å². The van der Waals surface area contributed by atoms with Gasteiger partial charge in [-0.05, 0) is 24.3 Å². The first kappa shape index (κ1) is 10.7. The molecule has 1 aliphatic rings. The third kappa shape index (κ3) is 2.80. The van der Waals surface area contributed by atoms with Crippen molar-refractivity contribution in [2.45, 2.75) is 38.5 Å².